The van der Waals surface area contributed by atoms with Crippen molar-refractivity contribution < 1.29 is 9.15 Å². The van der Waals surface area contributed by atoms with Gasteiger partial charge in [-0.3, -0.25) is 0 Å². The molecule has 0 aliphatic carbocycles. The monoisotopic (exact) mass is 242 g/mol. The molecule has 2 rings (SSSR count). The Morgan fingerprint density at radius 3 is 2.72 bits per heavy atom. The van der Waals surface area contributed by atoms with Crippen LogP contribution in [0, 0.1) is 5.92 Å². The van der Waals surface area contributed by atoms with Gasteiger partial charge in [-0.25, -0.2) is 0 Å². The van der Waals surface area contributed by atoms with Crippen molar-refractivity contribution in [1.82, 2.24) is 0 Å². The second-order valence-electron chi connectivity index (χ2n) is 4.39. The van der Waals surface area contributed by atoms with Gasteiger partial charge >= 0.3 is 0 Å². The summed E-state index contributed by atoms with van der Waals surface area (Å²) in [6, 6.07) is 13.5. The Hall–Kier alpha value is -1.96. The van der Waals surface area contributed by atoms with Gasteiger partial charge in [-0.2, -0.15) is 0 Å². The molecular weight excluding hydrogens is 224 g/mol. The summed E-state index contributed by atoms with van der Waals surface area (Å²) in [6.07, 6.45) is 3.91. The molecule has 94 valence electrons. The minimum absolute atomic E-state index is 0.508. The molecule has 0 aliphatic rings. The van der Waals surface area contributed by atoms with Crippen LogP contribution >= 0.6 is 0 Å². The standard InChI is InChI=1S/C16H18O2/c1-3-13(2)9-10-15-11-12-16(18-15)17-14-7-5-4-6-8-14/h3-8,11-13H,1,9-10H2,2H3. The molecule has 0 radical (unpaired) electrons. The van der Waals surface area contributed by atoms with Gasteiger partial charge in [0.15, 0.2) is 0 Å². The Labute approximate surface area is 108 Å². The molecule has 0 fully saturated rings. The lowest BCUT2D eigenvalue weighted by Crippen LogP contribution is -1.91. The molecule has 2 aromatic rings. The van der Waals surface area contributed by atoms with E-state index in [1.165, 1.54) is 0 Å². The highest BCUT2D eigenvalue weighted by Gasteiger charge is 2.05. The van der Waals surface area contributed by atoms with Gasteiger partial charge in [0.1, 0.15) is 11.5 Å². The summed E-state index contributed by atoms with van der Waals surface area (Å²) in [4.78, 5) is 0. The molecule has 1 aromatic carbocycles. The summed E-state index contributed by atoms with van der Waals surface area (Å²) >= 11 is 0. The highest BCUT2D eigenvalue weighted by Crippen LogP contribution is 2.24. The van der Waals surface area contributed by atoms with Crippen LogP contribution in [0.1, 0.15) is 19.1 Å². The van der Waals surface area contributed by atoms with E-state index in [0.717, 1.165) is 24.4 Å². The molecule has 1 aromatic heterocycles. The summed E-state index contributed by atoms with van der Waals surface area (Å²) in [6.45, 7) is 5.93. The number of benzene rings is 1. The van der Waals surface area contributed by atoms with E-state index >= 15 is 0 Å². The maximum absolute atomic E-state index is 5.63. The van der Waals surface area contributed by atoms with Gasteiger partial charge in [-0.1, -0.05) is 31.2 Å². The number of rotatable bonds is 6. The van der Waals surface area contributed by atoms with E-state index in [1.54, 1.807) is 0 Å². The molecule has 0 amide bonds. The molecule has 2 heteroatoms. The Kier molecular flexibility index (Phi) is 4.24. The van der Waals surface area contributed by atoms with Crippen LogP contribution in [0.5, 0.6) is 11.7 Å². The van der Waals surface area contributed by atoms with Gasteiger partial charge in [0.2, 0.25) is 0 Å². The van der Waals surface area contributed by atoms with E-state index in [2.05, 4.69) is 13.5 Å². The van der Waals surface area contributed by atoms with E-state index in [4.69, 9.17) is 9.15 Å². The fourth-order valence-corrected chi connectivity index (χ4v) is 1.64. The van der Waals surface area contributed by atoms with Crippen LogP contribution in [0.15, 0.2) is 59.5 Å². The fraction of sp³-hybridized carbons (Fsp3) is 0.250. The summed E-state index contributed by atoms with van der Waals surface area (Å²) in [5.41, 5.74) is 0. The van der Waals surface area contributed by atoms with Crippen LogP contribution in [0.25, 0.3) is 0 Å². The topological polar surface area (TPSA) is 22.4 Å². The zero-order chi connectivity index (χ0) is 12.8. The second-order valence-corrected chi connectivity index (χ2v) is 4.39. The Morgan fingerprint density at radius 1 is 1.22 bits per heavy atom. The molecule has 1 heterocycles. The maximum Gasteiger partial charge on any atom is 0.290 e. The summed E-state index contributed by atoms with van der Waals surface area (Å²) < 4.78 is 11.2. The molecule has 0 saturated heterocycles. The lowest BCUT2D eigenvalue weighted by molar-refractivity contribution is 0.329. The van der Waals surface area contributed by atoms with Crippen molar-refractivity contribution in [3.8, 4) is 11.7 Å². The van der Waals surface area contributed by atoms with Crippen molar-refractivity contribution in [3.63, 3.8) is 0 Å². The quantitative estimate of drug-likeness (QED) is 0.677. The smallest absolute Gasteiger partial charge is 0.290 e. The van der Waals surface area contributed by atoms with E-state index in [1.807, 2.05) is 48.5 Å². The largest absolute Gasteiger partial charge is 0.431 e. The minimum Gasteiger partial charge on any atom is -0.431 e. The Balaban J connectivity index is 1.92. The lowest BCUT2D eigenvalue weighted by Gasteiger charge is -2.03. The number of aryl methyl sites for hydroxylation is 1. The first kappa shape index (κ1) is 12.5. The number of para-hydroxylation sites is 1. The van der Waals surface area contributed by atoms with E-state index < -0.39 is 0 Å². The number of ether oxygens (including phenoxy) is 1. The highest BCUT2D eigenvalue weighted by atomic mass is 16.6. The predicted octanol–water partition coefficient (Wildman–Crippen LogP) is 4.83. The van der Waals surface area contributed by atoms with Crippen LogP contribution in [0.2, 0.25) is 0 Å². The van der Waals surface area contributed by atoms with Crippen molar-refractivity contribution in [3.05, 3.63) is 60.9 Å². The first-order valence-electron chi connectivity index (χ1n) is 6.22. The van der Waals surface area contributed by atoms with Crippen LogP contribution < -0.4 is 4.74 Å². The van der Waals surface area contributed by atoms with Crippen LogP contribution in [0.3, 0.4) is 0 Å². The Morgan fingerprint density at radius 2 is 2.00 bits per heavy atom. The predicted molar refractivity (Wildman–Crippen MR) is 72.9 cm³/mol. The molecule has 0 spiro atoms. The average Bonchev–Trinajstić information content (AvgIpc) is 2.85. The summed E-state index contributed by atoms with van der Waals surface area (Å²) in [5.74, 6) is 2.79. The van der Waals surface area contributed by atoms with Crippen molar-refractivity contribution in [1.29, 1.82) is 0 Å². The Bertz CT molecular complexity index is 485. The molecule has 18 heavy (non-hydrogen) atoms. The number of hydrogen-bond donors (Lipinski definition) is 0. The first-order chi connectivity index (χ1) is 8.78. The third-order valence-electron chi connectivity index (χ3n) is 2.85. The third-order valence-corrected chi connectivity index (χ3v) is 2.85. The van der Waals surface area contributed by atoms with E-state index in [9.17, 15) is 0 Å². The SMILES string of the molecule is C=CC(C)CCc1ccc(Oc2ccccc2)o1. The second kappa shape index (κ2) is 6.10. The normalized spacial score (nSPS) is 12.1. The number of furan rings is 1. The lowest BCUT2D eigenvalue weighted by atomic mass is 10.1. The molecule has 0 N–H and O–H groups in total. The molecule has 2 nitrogen and oxygen atoms in total. The zero-order valence-corrected chi connectivity index (χ0v) is 10.6. The fourth-order valence-electron chi connectivity index (χ4n) is 1.64. The minimum atomic E-state index is 0.508. The van der Waals surface area contributed by atoms with Gasteiger partial charge in [-0.15, -0.1) is 6.58 Å². The molecule has 1 atom stereocenters. The molecule has 0 bridgehead atoms. The van der Waals surface area contributed by atoms with Gasteiger partial charge in [0.05, 0.1) is 0 Å². The van der Waals surface area contributed by atoms with Gasteiger partial charge < -0.3 is 9.15 Å². The zero-order valence-electron chi connectivity index (χ0n) is 10.6. The van der Waals surface area contributed by atoms with E-state index in [0.29, 0.717) is 11.9 Å². The van der Waals surface area contributed by atoms with Gasteiger partial charge in [0, 0.05) is 12.5 Å². The van der Waals surface area contributed by atoms with Gasteiger partial charge in [0.25, 0.3) is 5.95 Å². The van der Waals surface area contributed by atoms with Crippen molar-refractivity contribution in [2.75, 3.05) is 0 Å². The molecular formula is C16H18O2. The average molecular weight is 242 g/mol. The highest BCUT2D eigenvalue weighted by molar-refractivity contribution is 5.26. The summed E-state index contributed by atoms with van der Waals surface area (Å²) in [5, 5.41) is 0. The molecule has 0 aliphatic heterocycles. The van der Waals surface area contributed by atoms with Crippen molar-refractivity contribution in [2.45, 2.75) is 19.8 Å². The maximum atomic E-state index is 5.63. The third kappa shape index (κ3) is 3.52. The van der Waals surface area contributed by atoms with Crippen molar-refractivity contribution in [2.24, 2.45) is 5.92 Å². The number of hydrogen-bond acceptors (Lipinski definition) is 2. The molecule has 0 saturated carbocycles. The summed E-state index contributed by atoms with van der Waals surface area (Å²) in [7, 11) is 0. The van der Waals surface area contributed by atoms with Crippen molar-refractivity contribution >= 4 is 0 Å². The van der Waals surface area contributed by atoms with Gasteiger partial charge in [-0.05, 0) is 30.5 Å². The van der Waals surface area contributed by atoms with Crippen LogP contribution in [0.4, 0.5) is 0 Å². The molecule has 1 unspecified atom stereocenters. The number of allylic oxidation sites excluding steroid dienone is 1. The van der Waals surface area contributed by atoms with Crippen LogP contribution in [-0.4, -0.2) is 0 Å². The first-order valence-corrected chi connectivity index (χ1v) is 6.22. The van der Waals surface area contributed by atoms with E-state index in [-0.39, 0.29) is 0 Å². The van der Waals surface area contributed by atoms with Crippen LogP contribution in [-0.2, 0) is 6.42 Å².